The summed E-state index contributed by atoms with van der Waals surface area (Å²) >= 11 is 6.26. The van der Waals surface area contributed by atoms with Crippen LogP contribution in [0.3, 0.4) is 0 Å². The van der Waals surface area contributed by atoms with Crippen LogP contribution in [0.4, 0.5) is 0 Å². The van der Waals surface area contributed by atoms with E-state index in [2.05, 4.69) is 14.6 Å². The second-order valence-electron chi connectivity index (χ2n) is 8.83. The number of aromatic nitrogens is 1. The average Bonchev–Trinajstić information content (AvgIpc) is 2.87. The second kappa shape index (κ2) is 14.0. The van der Waals surface area contributed by atoms with Crippen molar-refractivity contribution in [3.63, 3.8) is 0 Å². The van der Waals surface area contributed by atoms with Gasteiger partial charge in [0.15, 0.2) is 0 Å². The minimum Gasteiger partial charge on any atom is -0.493 e. The van der Waals surface area contributed by atoms with Crippen molar-refractivity contribution >= 4 is 34.0 Å². The highest BCUT2D eigenvalue weighted by atomic mass is 35.5. The second-order valence-corrected chi connectivity index (χ2v) is 11.0. The van der Waals surface area contributed by atoms with Gasteiger partial charge in [0.2, 0.25) is 10.0 Å². The number of rotatable bonds is 11. The Morgan fingerprint density at radius 3 is 2.58 bits per heavy atom. The third kappa shape index (κ3) is 8.18. The van der Waals surface area contributed by atoms with Crippen molar-refractivity contribution in [2.24, 2.45) is 0 Å². The summed E-state index contributed by atoms with van der Waals surface area (Å²) in [5.41, 5.74) is 2.34. The summed E-state index contributed by atoms with van der Waals surface area (Å²) in [6, 6.07) is 16.3. The maximum atomic E-state index is 13.2. The molecule has 6 nitrogen and oxygen atoms in total. The highest BCUT2D eigenvalue weighted by Crippen LogP contribution is 2.27. The van der Waals surface area contributed by atoms with Crippen molar-refractivity contribution in [3.8, 4) is 5.75 Å². The lowest BCUT2D eigenvalue weighted by Crippen LogP contribution is -2.31. The van der Waals surface area contributed by atoms with Gasteiger partial charge in [-0.3, -0.25) is 4.98 Å². The quantitative estimate of drug-likeness (QED) is 0.320. The molecule has 1 aliphatic rings. The minimum absolute atomic E-state index is 0. The van der Waals surface area contributed by atoms with Gasteiger partial charge in [0.05, 0.1) is 11.5 Å². The third-order valence-electron chi connectivity index (χ3n) is 6.18. The number of pyridine rings is 1. The molecule has 1 fully saturated rings. The summed E-state index contributed by atoms with van der Waals surface area (Å²) in [4.78, 5) is 6.75. The Bertz CT molecular complexity index is 1200. The number of nitrogens with zero attached hydrogens (tertiary/aromatic N) is 2. The number of para-hydroxylation sites is 1. The van der Waals surface area contributed by atoms with Crippen LogP contribution in [-0.2, 0) is 23.0 Å². The summed E-state index contributed by atoms with van der Waals surface area (Å²) in [5, 5.41) is 0.492. The Kier molecular flexibility index (Phi) is 11.0. The van der Waals surface area contributed by atoms with Gasteiger partial charge in [-0.1, -0.05) is 42.3 Å². The summed E-state index contributed by atoms with van der Waals surface area (Å²) in [5.74, 6) is 0.776. The van der Waals surface area contributed by atoms with Gasteiger partial charge in [0, 0.05) is 36.9 Å². The molecule has 0 saturated carbocycles. The lowest BCUT2D eigenvalue weighted by atomic mass is 10.0. The Morgan fingerprint density at radius 2 is 1.81 bits per heavy atom. The predicted octanol–water partition coefficient (Wildman–Crippen LogP) is 5.48. The van der Waals surface area contributed by atoms with E-state index in [1.807, 2.05) is 30.3 Å². The van der Waals surface area contributed by atoms with E-state index < -0.39 is 10.0 Å². The lowest BCUT2D eigenvalue weighted by molar-refractivity contribution is 0.204. The predicted molar refractivity (Wildman–Crippen MR) is 147 cm³/mol. The van der Waals surface area contributed by atoms with E-state index in [9.17, 15) is 8.42 Å². The standard InChI is InChI=1S/C27H32ClN3O3S.ClH/c28-25-11-12-27(35(32,33)30-21-22-8-6-13-29-20-22)24(19-25)18-23-9-2-3-10-26(23)34-17-7-16-31-14-4-1-5-15-31;/h2-3,6,8-13,19-20,30H,1,4-5,7,14-18,21H2;1H. The molecule has 0 bridgehead atoms. The van der Waals surface area contributed by atoms with Crippen LogP contribution < -0.4 is 9.46 Å². The van der Waals surface area contributed by atoms with Gasteiger partial charge in [-0.2, -0.15) is 0 Å². The Balaban J connectivity index is 0.00000361. The van der Waals surface area contributed by atoms with Gasteiger partial charge in [-0.25, -0.2) is 13.1 Å². The highest BCUT2D eigenvalue weighted by Gasteiger charge is 2.20. The van der Waals surface area contributed by atoms with Gasteiger partial charge < -0.3 is 9.64 Å². The molecular weight excluding hydrogens is 517 g/mol. The van der Waals surface area contributed by atoms with Crippen molar-refractivity contribution in [1.82, 2.24) is 14.6 Å². The Labute approximate surface area is 225 Å². The van der Waals surface area contributed by atoms with E-state index in [0.717, 1.165) is 29.8 Å². The number of sulfonamides is 1. The molecule has 0 atom stereocenters. The topological polar surface area (TPSA) is 71.5 Å². The average molecular weight is 551 g/mol. The van der Waals surface area contributed by atoms with Crippen LogP contribution in [0.25, 0.3) is 0 Å². The number of hydrogen-bond donors (Lipinski definition) is 1. The van der Waals surface area contributed by atoms with Crippen LogP contribution in [0, 0.1) is 0 Å². The zero-order chi connectivity index (χ0) is 24.5. The smallest absolute Gasteiger partial charge is 0.241 e. The number of hydrogen-bond acceptors (Lipinski definition) is 5. The van der Waals surface area contributed by atoms with Gasteiger partial charge in [0.25, 0.3) is 0 Å². The van der Waals surface area contributed by atoms with E-state index in [-0.39, 0.29) is 23.8 Å². The monoisotopic (exact) mass is 549 g/mol. The van der Waals surface area contributed by atoms with Gasteiger partial charge >= 0.3 is 0 Å². The van der Waals surface area contributed by atoms with Crippen molar-refractivity contribution in [3.05, 3.63) is 88.7 Å². The highest BCUT2D eigenvalue weighted by molar-refractivity contribution is 7.89. The number of piperidine rings is 1. The van der Waals surface area contributed by atoms with Crippen molar-refractivity contribution in [2.75, 3.05) is 26.2 Å². The zero-order valence-corrected chi connectivity index (χ0v) is 22.6. The molecular formula is C27H33Cl2N3O3S. The first-order valence-electron chi connectivity index (χ1n) is 12.1. The molecule has 2 heterocycles. The molecule has 0 unspecified atom stereocenters. The van der Waals surface area contributed by atoms with E-state index in [0.29, 0.717) is 23.6 Å². The SMILES string of the molecule is Cl.O=S(=O)(NCc1cccnc1)c1ccc(Cl)cc1Cc1ccccc1OCCCN1CCCCC1. The zero-order valence-electron chi connectivity index (χ0n) is 20.2. The van der Waals surface area contributed by atoms with Crippen LogP contribution in [0.1, 0.15) is 42.4 Å². The fraction of sp³-hybridized carbons (Fsp3) is 0.370. The fourth-order valence-electron chi connectivity index (χ4n) is 4.36. The van der Waals surface area contributed by atoms with Crippen LogP contribution in [-0.4, -0.2) is 44.5 Å². The molecule has 36 heavy (non-hydrogen) atoms. The molecule has 4 rings (SSSR count). The maximum Gasteiger partial charge on any atom is 0.241 e. The van der Waals surface area contributed by atoms with Gasteiger partial charge in [0.1, 0.15) is 5.75 Å². The molecule has 0 radical (unpaired) electrons. The number of halogens is 2. The molecule has 1 aliphatic heterocycles. The largest absolute Gasteiger partial charge is 0.493 e. The number of ether oxygens (including phenoxy) is 1. The molecule has 0 amide bonds. The summed E-state index contributed by atoms with van der Waals surface area (Å²) in [7, 11) is -3.75. The molecule has 194 valence electrons. The van der Waals surface area contributed by atoms with Gasteiger partial charge in [-0.05, 0) is 79.4 Å². The third-order valence-corrected chi connectivity index (χ3v) is 7.92. The van der Waals surface area contributed by atoms with E-state index in [1.54, 1.807) is 36.7 Å². The first-order valence-corrected chi connectivity index (χ1v) is 14.0. The van der Waals surface area contributed by atoms with Crippen molar-refractivity contribution in [1.29, 1.82) is 0 Å². The molecule has 9 heteroatoms. The summed E-state index contributed by atoms with van der Waals surface area (Å²) in [6.07, 6.45) is 8.56. The molecule has 1 N–H and O–H groups in total. The van der Waals surface area contributed by atoms with Crippen molar-refractivity contribution < 1.29 is 13.2 Å². The number of nitrogens with one attached hydrogen (secondary N) is 1. The van der Waals surface area contributed by atoms with E-state index in [1.165, 1.54) is 32.4 Å². The molecule has 0 aliphatic carbocycles. The van der Waals surface area contributed by atoms with Crippen LogP contribution in [0.2, 0.25) is 5.02 Å². The van der Waals surface area contributed by atoms with E-state index >= 15 is 0 Å². The van der Waals surface area contributed by atoms with Gasteiger partial charge in [-0.15, -0.1) is 12.4 Å². The number of benzene rings is 2. The molecule has 3 aromatic rings. The summed E-state index contributed by atoms with van der Waals surface area (Å²) < 4.78 is 35.1. The van der Waals surface area contributed by atoms with E-state index in [4.69, 9.17) is 16.3 Å². The first kappa shape index (κ1) is 28.4. The van der Waals surface area contributed by atoms with Crippen LogP contribution >= 0.6 is 24.0 Å². The molecule has 1 saturated heterocycles. The molecule has 0 spiro atoms. The maximum absolute atomic E-state index is 13.2. The van der Waals surface area contributed by atoms with Crippen LogP contribution in [0.5, 0.6) is 5.75 Å². The molecule has 1 aromatic heterocycles. The van der Waals surface area contributed by atoms with Crippen molar-refractivity contribution in [2.45, 2.75) is 43.5 Å². The first-order chi connectivity index (χ1) is 17.0. The Hall–Kier alpha value is -2.16. The van der Waals surface area contributed by atoms with Crippen LogP contribution in [0.15, 0.2) is 71.9 Å². The minimum atomic E-state index is -3.75. The molecule has 2 aromatic carbocycles. The number of likely N-dealkylation sites (tertiary alicyclic amines) is 1. The summed E-state index contributed by atoms with van der Waals surface area (Å²) in [6.45, 7) is 4.19. The normalized spacial score (nSPS) is 14.2. The Morgan fingerprint density at radius 1 is 1.00 bits per heavy atom. The fourth-order valence-corrected chi connectivity index (χ4v) is 5.79. The lowest BCUT2D eigenvalue weighted by Gasteiger charge is -2.26.